The summed E-state index contributed by atoms with van der Waals surface area (Å²) < 4.78 is 50.6. The molecule has 8 rings (SSSR count). The molecule has 13 nitrogen and oxygen atoms in total. The number of amides is 3. The Hall–Kier alpha value is -5.18. The average Bonchev–Trinajstić information content (AvgIpc) is 4.05. The minimum Gasteiger partial charge on any atom is -0.472 e. The fourth-order valence-electron chi connectivity index (χ4n) is 8.10. The second-order valence-corrected chi connectivity index (χ2v) is 17.3. The first-order chi connectivity index (χ1) is 26.4. The number of ketones is 1. The van der Waals surface area contributed by atoms with Gasteiger partial charge in [-0.2, -0.15) is 5.10 Å². The molecule has 55 heavy (non-hydrogen) atoms. The van der Waals surface area contributed by atoms with Gasteiger partial charge in [-0.15, -0.1) is 0 Å². The van der Waals surface area contributed by atoms with Gasteiger partial charge >= 0.3 is 0 Å². The number of aromatic nitrogens is 3. The zero-order chi connectivity index (χ0) is 38.5. The number of allylic oxidation sites excluding steroid dienone is 2. The topological polar surface area (TPSA) is 170 Å². The third-order valence-electron chi connectivity index (χ3n) is 11.4. The summed E-state index contributed by atoms with van der Waals surface area (Å²) in [5, 5.41) is 8.33. The van der Waals surface area contributed by atoms with E-state index in [-0.39, 0.29) is 36.9 Å². The molecule has 2 N–H and O–H groups in total. The zero-order valence-corrected chi connectivity index (χ0v) is 31.3. The SMILES string of the molecule is Cn1ccc(C(=O)N[C@H]2CCCCC/C=C\[C@@H]3C[C@@]3(C(=O)NS(=O)(=O)C3CC3)CC(=O)[C@@H]3C[C@@H](Oc4nc5ccccc5c5cc(F)ccc45)CN3C2=O)n1. The standard InChI is InChI=1S/C40H43FN6O7S/c1-46-18-17-32(44-46)36(49)42-33-12-6-4-2-3-5-9-24-21-40(24,39(51)45-55(52,53)27-14-15-27)22-35(48)34-20-26(23-47(34)38(33)50)54-37-29-16-13-25(41)19-30(29)28-10-7-8-11-31(28)43-37/h5,7-11,13,16-19,24,26-27,33-34H,2-4,6,12,14-15,20-23H2,1H3,(H,42,49)(H,45,51)/b9-5-/t24-,26-,33+,34+,40-/m1/s1. The van der Waals surface area contributed by atoms with Crippen molar-refractivity contribution < 1.29 is 36.7 Å². The normalized spacial score (nSPS) is 26.8. The van der Waals surface area contributed by atoms with Crippen molar-refractivity contribution in [3.8, 4) is 5.88 Å². The molecule has 4 heterocycles. The first-order valence-corrected chi connectivity index (χ1v) is 20.5. The van der Waals surface area contributed by atoms with Crippen molar-refractivity contribution in [2.45, 2.75) is 87.6 Å². The van der Waals surface area contributed by atoms with Gasteiger partial charge in [0.05, 0.1) is 28.8 Å². The molecule has 4 aliphatic rings. The van der Waals surface area contributed by atoms with Crippen molar-refractivity contribution in [2.75, 3.05) is 6.54 Å². The van der Waals surface area contributed by atoms with E-state index in [0.29, 0.717) is 54.8 Å². The van der Waals surface area contributed by atoms with E-state index in [9.17, 15) is 32.0 Å². The number of pyridine rings is 1. The maximum atomic E-state index is 14.6. The summed E-state index contributed by atoms with van der Waals surface area (Å²) in [6.07, 6.45) is 9.02. The van der Waals surface area contributed by atoms with Crippen LogP contribution in [0.25, 0.3) is 21.7 Å². The number of rotatable bonds is 7. The highest BCUT2D eigenvalue weighted by molar-refractivity contribution is 7.90. The Bertz CT molecular complexity index is 2340. The molecule has 1 saturated heterocycles. The van der Waals surface area contributed by atoms with Crippen molar-refractivity contribution >= 4 is 55.2 Å². The number of fused-ring (bicyclic) bond motifs is 5. The van der Waals surface area contributed by atoms with E-state index in [1.165, 1.54) is 21.7 Å². The molecule has 2 saturated carbocycles. The van der Waals surface area contributed by atoms with Crippen LogP contribution in [0.5, 0.6) is 5.88 Å². The van der Waals surface area contributed by atoms with Gasteiger partial charge in [-0.05, 0) is 80.2 Å². The molecule has 0 radical (unpaired) electrons. The number of nitrogens with one attached hydrogen (secondary N) is 2. The lowest BCUT2D eigenvalue weighted by Crippen LogP contribution is -2.52. The Kier molecular flexibility index (Phi) is 9.68. The van der Waals surface area contributed by atoms with E-state index in [1.807, 2.05) is 30.4 Å². The first kappa shape index (κ1) is 36.8. The Balaban J connectivity index is 1.13. The second kappa shape index (κ2) is 14.5. The van der Waals surface area contributed by atoms with Gasteiger partial charge in [-0.3, -0.25) is 28.6 Å². The maximum absolute atomic E-state index is 14.6. The predicted octanol–water partition coefficient (Wildman–Crippen LogP) is 4.50. The number of aryl methyl sites for hydroxylation is 1. The van der Waals surface area contributed by atoms with Crippen LogP contribution in [-0.4, -0.2) is 81.6 Å². The van der Waals surface area contributed by atoms with E-state index >= 15 is 0 Å². The molecular weight excluding hydrogens is 728 g/mol. The summed E-state index contributed by atoms with van der Waals surface area (Å²) in [6.45, 7) is -0.0268. The van der Waals surface area contributed by atoms with Crippen LogP contribution in [-0.2, 0) is 31.5 Å². The van der Waals surface area contributed by atoms with E-state index in [0.717, 1.165) is 18.2 Å². The second-order valence-electron chi connectivity index (χ2n) is 15.4. The Labute approximate surface area is 317 Å². The van der Waals surface area contributed by atoms with Gasteiger partial charge in [0.15, 0.2) is 5.78 Å². The molecule has 15 heteroatoms. The van der Waals surface area contributed by atoms with Crippen molar-refractivity contribution in [2.24, 2.45) is 18.4 Å². The average molecular weight is 771 g/mol. The Morgan fingerprint density at radius 3 is 2.60 bits per heavy atom. The molecule has 5 atom stereocenters. The molecule has 2 aromatic carbocycles. The van der Waals surface area contributed by atoms with Crippen LogP contribution < -0.4 is 14.8 Å². The zero-order valence-electron chi connectivity index (χ0n) is 30.4. The number of nitrogens with zero attached hydrogens (tertiary/aromatic N) is 4. The smallest absolute Gasteiger partial charge is 0.272 e. The van der Waals surface area contributed by atoms with E-state index < -0.39 is 68.2 Å². The molecule has 4 aromatic rings. The minimum atomic E-state index is -3.87. The molecule has 2 aromatic heterocycles. The molecule has 2 aliphatic heterocycles. The Morgan fingerprint density at radius 2 is 1.82 bits per heavy atom. The number of halogens is 1. The van der Waals surface area contributed by atoms with Gasteiger partial charge < -0.3 is 15.0 Å². The van der Waals surface area contributed by atoms with Gasteiger partial charge in [0.25, 0.3) is 5.91 Å². The van der Waals surface area contributed by atoms with Crippen LogP contribution in [0.4, 0.5) is 4.39 Å². The van der Waals surface area contributed by atoms with Crippen molar-refractivity contribution in [1.29, 1.82) is 0 Å². The number of Topliss-reactive ketones (excluding diaryl/α,β-unsaturated/α-hetero) is 1. The molecule has 2 aliphatic carbocycles. The lowest BCUT2D eigenvalue weighted by atomic mass is 9.91. The molecular formula is C40H43FN6O7S. The number of hydrogen-bond acceptors (Lipinski definition) is 9. The summed E-state index contributed by atoms with van der Waals surface area (Å²) in [6, 6.07) is 11.1. The molecule has 288 valence electrons. The number of carbonyl (C=O) groups excluding carboxylic acids is 4. The van der Waals surface area contributed by atoms with Crippen LogP contribution in [0.3, 0.4) is 0 Å². The highest BCUT2D eigenvalue weighted by atomic mass is 32.2. The van der Waals surface area contributed by atoms with Crippen LogP contribution >= 0.6 is 0 Å². The fourth-order valence-corrected chi connectivity index (χ4v) is 9.48. The third-order valence-corrected chi connectivity index (χ3v) is 13.2. The molecule has 3 fully saturated rings. The minimum absolute atomic E-state index is 0.0268. The van der Waals surface area contributed by atoms with Crippen LogP contribution in [0.1, 0.15) is 74.7 Å². The van der Waals surface area contributed by atoms with Crippen LogP contribution in [0.15, 0.2) is 66.9 Å². The maximum Gasteiger partial charge on any atom is 0.272 e. The molecule has 0 bridgehead atoms. The highest BCUT2D eigenvalue weighted by Crippen LogP contribution is 2.57. The molecule has 3 amide bonds. The molecule has 0 spiro atoms. The number of sulfonamides is 1. The monoisotopic (exact) mass is 770 g/mol. The fraction of sp³-hybridized carbons (Fsp3) is 0.450. The van der Waals surface area contributed by atoms with Crippen molar-refractivity contribution in [1.82, 2.24) is 29.7 Å². The number of benzene rings is 2. The predicted molar refractivity (Wildman–Crippen MR) is 201 cm³/mol. The van der Waals surface area contributed by atoms with Gasteiger partial charge in [-0.25, -0.2) is 17.8 Å². The number of ether oxygens (including phenoxy) is 1. The summed E-state index contributed by atoms with van der Waals surface area (Å²) in [5.41, 5.74) is -0.558. The summed E-state index contributed by atoms with van der Waals surface area (Å²) in [7, 11) is -2.19. The van der Waals surface area contributed by atoms with Crippen LogP contribution in [0, 0.1) is 17.2 Å². The quantitative estimate of drug-likeness (QED) is 0.203. The first-order valence-electron chi connectivity index (χ1n) is 18.9. The summed E-state index contributed by atoms with van der Waals surface area (Å²) >= 11 is 0. The van der Waals surface area contributed by atoms with Gasteiger partial charge in [0.1, 0.15) is 23.7 Å². The largest absolute Gasteiger partial charge is 0.472 e. The van der Waals surface area contributed by atoms with Gasteiger partial charge in [0, 0.05) is 36.9 Å². The number of carbonyl (C=O) groups is 4. The lowest BCUT2D eigenvalue weighted by molar-refractivity contribution is -0.140. The van der Waals surface area contributed by atoms with Crippen LogP contribution in [0.2, 0.25) is 0 Å². The number of para-hydroxylation sites is 1. The highest BCUT2D eigenvalue weighted by Gasteiger charge is 2.61. The molecule has 0 unspecified atom stereocenters. The lowest BCUT2D eigenvalue weighted by Gasteiger charge is -2.29. The Morgan fingerprint density at radius 1 is 1.00 bits per heavy atom. The van der Waals surface area contributed by atoms with Gasteiger partial charge in [-0.1, -0.05) is 43.2 Å². The summed E-state index contributed by atoms with van der Waals surface area (Å²) in [4.78, 5) is 62.5. The number of hydrogen-bond donors (Lipinski definition) is 2. The van der Waals surface area contributed by atoms with Crippen molar-refractivity contribution in [3.05, 3.63) is 78.4 Å². The van der Waals surface area contributed by atoms with Gasteiger partial charge in [0.2, 0.25) is 27.7 Å². The van der Waals surface area contributed by atoms with E-state index in [1.54, 1.807) is 31.4 Å². The summed E-state index contributed by atoms with van der Waals surface area (Å²) in [5.74, 6) is -2.65. The van der Waals surface area contributed by atoms with E-state index in [2.05, 4.69) is 15.1 Å². The van der Waals surface area contributed by atoms with Crippen molar-refractivity contribution in [3.63, 3.8) is 0 Å². The van der Waals surface area contributed by atoms with E-state index in [4.69, 9.17) is 9.72 Å². The third kappa shape index (κ3) is 7.45.